The van der Waals surface area contributed by atoms with Crippen LogP contribution in [0, 0.1) is 6.92 Å². The Kier molecular flexibility index (Phi) is 5.64. The number of ether oxygens (including phenoxy) is 1. The summed E-state index contributed by atoms with van der Waals surface area (Å²) in [6.07, 6.45) is 2.65. The molecule has 0 bridgehead atoms. The summed E-state index contributed by atoms with van der Waals surface area (Å²) >= 11 is 9.08. The zero-order valence-corrected chi connectivity index (χ0v) is 19.3. The highest BCUT2D eigenvalue weighted by Gasteiger charge is 2.31. The van der Waals surface area contributed by atoms with Crippen molar-refractivity contribution in [2.75, 3.05) is 5.75 Å². The molecule has 3 aromatic rings. The van der Waals surface area contributed by atoms with Gasteiger partial charge in [0.1, 0.15) is 4.83 Å². The number of thiophene rings is 1. The van der Waals surface area contributed by atoms with Crippen LogP contribution in [0.4, 0.5) is 0 Å². The second kappa shape index (κ2) is 7.91. The number of halogens is 1. The normalized spacial score (nSPS) is 16.2. The number of allylic oxidation sites excluding steroid dienone is 1. The number of fused-ring (bicyclic) bond motifs is 3. The second-order valence-electron chi connectivity index (χ2n) is 7.88. The summed E-state index contributed by atoms with van der Waals surface area (Å²) < 4.78 is 7.70. The number of hydrogen-bond acceptors (Lipinski definition) is 5. The molecule has 0 N–H and O–H groups in total. The van der Waals surface area contributed by atoms with Crippen LogP contribution >= 0.6 is 34.7 Å². The molecule has 0 saturated heterocycles. The molecule has 0 spiro atoms. The van der Waals surface area contributed by atoms with Gasteiger partial charge in [-0.1, -0.05) is 41.6 Å². The lowest BCUT2D eigenvalue weighted by Crippen LogP contribution is -2.32. The Hall–Kier alpha value is -1.60. The number of hydrogen-bond donors (Lipinski definition) is 0. The Balaban J connectivity index is 1.95. The topological polar surface area (TPSA) is 44.1 Å². The van der Waals surface area contributed by atoms with Crippen molar-refractivity contribution < 1.29 is 4.74 Å². The molecular formula is C22H23ClN2O2S2. The van der Waals surface area contributed by atoms with Crippen LogP contribution in [0.3, 0.4) is 0 Å². The van der Waals surface area contributed by atoms with Crippen molar-refractivity contribution in [1.82, 2.24) is 9.55 Å². The van der Waals surface area contributed by atoms with Gasteiger partial charge in [0.05, 0.1) is 23.3 Å². The predicted molar refractivity (Wildman–Crippen MR) is 123 cm³/mol. The lowest BCUT2D eigenvalue weighted by atomic mass is 9.94. The molecule has 1 aliphatic rings. The predicted octanol–water partition coefficient (Wildman–Crippen LogP) is 5.84. The molecule has 0 amide bonds. The fourth-order valence-corrected chi connectivity index (χ4v) is 5.77. The number of benzene rings is 1. The fraction of sp³-hybridized carbons (Fsp3) is 0.364. The van der Waals surface area contributed by atoms with Crippen LogP contribution in [0.15, 0.2) is 45.3 Å². The fourth-order valence-electron chi connectivity index (χ4n) is 3.50. The third-order valence-corrected chi connectivity index (χ3v) is 7.03. The number of aromatic nitrogens is 2. The highest BCUT2D eigenvalue weighted by Crippen LogP contribution is 2.38. The van der Waals surface area contributed by atoms with Crippen molar-refractivity contribution in [2.24, 2.45) is 0 Å². The number of thioether (sulfide) groups is 1. The summed E-state index contributed by atoms with van der Waals surface area (Å²) in [6, 6.07) is 7.98. The van der Waals surface area contributed by atoms with Crippen molar-refractivity contribution in [3.63, 3.8) is 0 Å². The first-order valence-corrected chi connectivity index (χ1v) is 11.7. The van der Waals surface area contributed by atoms with E-state index in [4.69, 9.17) is 21.3 Å². The van der Waals surface area contributed by atoms with Crippen molar-refractivity contribution in [3.05, 3.63) is 61.7 Å². The quantitative estimate of drug-likeness (QED) is 0.373. The zero-order chi connectivity index (χ0) is 20.8. The molecule has 0 unspecified atom stereocenters. The van der Waals surface area contributed by atoms with Gasteiger partial charge < -0.3 is 4.74 Å². The number of aryl methyl sites for hydroxylation is 1. The largest absolute Gasteiger partial charge is 0.370 e. The van der Waals surface area contributed by atoms with Gasteiger partial charge in [-0.05, 0) is 51.0 Å². The van der Waals surface area contributed by atoms with E-state index in [1.807, 2.05) is 44.2 Å². The molecule has 4 nitrogen and oxygen atoms in total. The van der Waals surface area contributed by atoms with Crippen LogP contribution in [-0.2, 0) is 17.8 Å². The Morgan fingerprint density at radius 2 is 2.24 bits per heavy atom. The van der Waals surface area contributed by atoms with E-state index >= 15 is 0 Å². The Morgan fingerprint density at radius 1 is 1.45 bits per heavy atom. The number of nitrogens with zero attached hydrogens (tertiary/aromatic N) is 2. The molecule has 0 radical (unpaired) electrons. The minimum absolute atomic E-state index is 0.00937. The monoisotopic (exact) mass is 446 g/mol. The lowest BCUT2D eigenvalue weighted by Gasteiger charge is -2.29. The molecule has 0 fully saturated rings. The molecule has 0 saturated carbocycles. The summed E-state index contributed by atoms with van der Waals surface area (Å²) in [5, 5.41) is 2.14. The molecule has 2 aromatic heterocycles. The molecule has 3 heterocycles. The van der Waals surface area contributed by atoms with Crippen molar-refractivity contribution in [2.45, 2.75) is 51.5 Å². The van der Waals surface area contributed by atoms with E-state index in [-0.39, 0.29) is 11.2 Å². The first-order valence-electron chi connectivity index (χ1n) is 9.48. The van der Waals surface area contributed by atoms with Crippen LogP contribution in [0.25, 0.3) is 15.9 Å². The Labute approximate surface area is 183 Å². The van der Waals surface area contributed by atoms with Gasteiger partial charge in [0.2, 0.25) is 0 Å². The van der Waals surface area contributed by atoms with E-state index in [9.17, 15) is 4.79 Å². The van der Waals surface area contributed by atoms with Crippen LogP contribution in [0.2, 0.25) is 0 Å². The summed E-state index contributed by atoms with van der Waals surface area (Å²) in [7, 11) is 0. The van der Waals surface area contributed by atoms with Gasteiger partial charge in [-0.3, -0.25) is 9.36 Å². The molecule has 0 atom stereocenters. The smallest absolute Gasteiger partial charge is 0.267 e. The van der Waals surface area contributed by atoms with Gasteiger partial charge in [0.15, 0.2) is 5.16 Å². The van der Waals surface area contributed by atoms with Crippen LogP contribution < -0.4 is 5.56 Å². The van der Waals surface area contributed by atoms with E-state index in [1.165, 1.54) is 11.8 Å². The first kappa shape index (κ1) is 20.7. The van der Waals surface area contributed by atoms with Crippen molar-refractivity contribution in [1.29, 1.82) is 0 Å². The third kappa shape index (κ3) is 4.17. The second-order valence-corrected chi connectivity index (χ2v) is 10.6. The van der Waals surface area contributed by atoms with Gasteiger partial charge in [0.25, 0.3) is 5.56 Å². The molecule has 0 aliphatic carbocycles. The number of rotatable bonds is 4. The van der Waals surface area contributed by atoms with E-state index in [2.05, 4.69) is 13.8 Å². The minimum Gasteiger partial charge on any atom is -0.370 e. The van der Waals surface area contributed by atoms with E-state index in [1.54, 1.807) is 15.9 Å². The third-order valence-electron chi connectivity index (χ3n) is 4.91. The Bertz CT molecular complexity index is 1170. The van der Waals surface area contributed by atoms with Crippen molar-refractivity contribution >= 4 is 44.9 Å². The maximum absolute atomic E-state index is 13.7. The SMILES string of the molecule is C/C(Cl)=C\CSc1nc2sc3c(c2c(=O)n1-c1cccc(C)c1)CC(C)(C)OC3. The molecule has 1 aliphatic heterocycles. The van der Waals surface area contributed by atoms with Crippen LogP contribution in [0.1, 0.15) is 36.8 Å². The van der Waals surface area contributed by atoms with E-state index in [0.29, 0.717) is 23.9 Å². The van der Waals surface area contributed by atoms with Gasteiger partial charge in [-0.2, -0.15) is 0 Å². The maximum atomic E-state index is 13.7. The summed E-state index contributed by atoms with van der Waals surface area (Å²) in [6.45, 7) is 8.54. The molecule has 1 aromatic carbocycles. The van der Waals surface area contributed by atoms with Crippen molar-refractivity contribution in [3.8, 4) is 5.69 Å². The standard InChI is InChI=1S/C22H23ClN2O2S2/c1-13-6-5-7-15(10-13)25-20(26)18-16-11-22(3,4)27-12-17(16)29-19(18)24-21(25)28-9-8-14(2)23/h5-8,10H,9,11-12H2,1-4H3/b14-8+. The summed E-state index contributed by atoms with van der Waals surface area (Å²) in [5.41, 5.74) is 2.74. The molecule has 29 heavy (non-hydrogen) atoms. The summed E-state index contributed by atoms with van der Waals surface area (Å²) in [4.78, 5) is 20.5. The average Bonchev–Trinajstić information content (AvgIpc) is 2.98. The highest BCUT2D eigenvalue weighted by atomic mass is 35.5. The minimum atomic E-state index is -0.280. The average molecular weight is 447 g/mol. The molecule has 152 valence electrons. The molecular weight excluding hydrogens is 424 g/mol. The van der Waals surface area contributed by atoms with Gasteiger partial charge in [-0.25, -0.2) is 4.98 Å². The molecule has 7 heteroatoms. The van der Waals surface area contributed by atoms with Crippen LogP contribution in [0.5, 0.6) is 0 Å². The zero-order valence-electron chi connectivity index (χ0n) is 16.9. The first-order chi connectivity index (χ1) is 13.7. The summed E-state index contributed by atoms with van der Waals surface area (Å²) in [5.74, 6) is 0.653. The van der Waals surface area contributed by atoms with Crippen LogP contribution in [-0.4, -0.2) is 20.9 Å². The van der Waals surface area contributed by atoms with Gasteiger partial charge in [-0.15, -0.1) is 11.3 Å². The lowest BCUT2D eigenvalue weighted by molar-refractivity contribution is -0.0379. The van der Waals surface area contributed by atoms with E-state index < -0.39 is 0 Å². The Morgan fingerprint density at radius 3 is 2.97 bits per heavy atom. The van der Waals surface area contributed by atoms with Gasteiger partial charge >= 0.3 is 0 Å². The highest BCUT2D eigenvalue weighted by molar-refractivity contribution is 7.99. The maximum Gasteiger partial charge on any atom is 0.267 e. The van der Waals surface area contributed by atoms with E-state index in [0.717, 1.165) is 36.9 Å². The van der Waals surface area contributed by atoms with Gasteiger partial charge in [0, 0.05) is 22.1 Å². The molecule has 4 rings (SSSR count).